The van der Waals surface area contributed by atoms with Gasteiger partial charge in [-0.3, -0.25) is 9.69 Å². The summed E-state index contributed by atoms with van der Waals surface area (Å²) in [5.74, 6) is -1.04. The lowest BCUT2D eigenvalue weighted by atomic mass is 9.84. The lowest BCUT2D eigenvalue weighted by Gasteiger charge is -2.45. The molecule has 0 bridgehead atoms. The number of ether oxygens (including phenoxy) is 1. The van der Waals surface area contributed by atoms with Crippen LogP contribution in [0, 0.1) is 5.92 Å². The van der Waals surface area contributed by atoms with E-state index in [1.54, 1.807) is 31.4 Å². The summed E-state index contributed by atoms with van der Waals surface area (Å²) in [6, 6.07) is 5.99. The minimum atomic E-state index is -1.91. The fourth-order valence-electron chi connectivity index (χ4n) is 2.80. The van der Waals surface area contributed by atoms with Gasteiger partial charge in [-0.15, -0.1) is 0 Å². The molecule has 26 heavy (non-hydrogen) atoms. The molecule has 1 aliphatic rings. The van der Waals surface area contributed by atoms with Crippen LogP contribution in [-0.4, -0.2) is 45.1 Å². The van der Waals surface area contributed by atoms with Crippen LogP contribution in [0.4, 0.5) is 5.69 Å². The molecule has 6 nitrogen and oxygen atoms in total. The van der Waals surface area contributed by atoms with E-state index in [2.05, 4.69) is 33.9 Å². The normalized spacial score (nSPS) is 20.7. The predicted molar refractivity (Wildman–Crippen MR) is 103 cm³/mol. The third-order valence-electron chi connectivity index (χ3n) is 5.52. The number of methoxy groups -OCH3 is 1. The Bertz CT molecular complexity index is 666. The largest absolute Gasteiger partial charge is 0.497 e. The smallest absolute Gasteiger partial charge is 0.327 e. The van der Waals surface area contributed by atoms with Gasteiger partial charge in [0.05, 0.1) is 13.0 Å². The molecular weight excluding hydrogens is 350 g/mol. The first kappa shape index (κ1) is 20.4. The number of rotatable bonds is 7. The minimum absolute atomic E-state index is 0.0813. The van der Waals surface area contributed by atoms with E-state index in [1.165, 1.54) is 4.90 Å². The van der Waals surface area contributed by atoms with Crippen LogP contribution in [0.25, 0.3) is 0 Å². The Morgan fingerprint density at radius 3 is 2.27 bits per heavy atom. The fraction of sp³-hybridized carbons (Fsp3) is 0.579. The molecule has 1 heterocycles. The predicted octanol–water partition coefficient (Wildman–Crippen LogP) is 3.52. The molecule has 1 aromatic rings. The first-order valence-corrected chi connectivity index (χ1v) is 11.7. The second-order valence-electron chi connectivity index (χ2n) is 8.19. The van der Waals surface area contributed by atoms with Gasteiger partial charge in [-0.25, -0.2) is 4.79 Å². The van der Waals surface area contributed by atoms with Crippen molar-refractivity contribution in [1.82, 2.24) is 0 Å². The van der Waals surface area contributed by atoms with Crippen molar-refractivity contribution in [1.29, 1.82) is 0 Å². The maximum absolute atomic E-state index is 12.6. The van der Waals surface area contributed by atoms with Crippen molar-refractivity contribution in [3.05, 3.63) is 24.3 Å². The summed E-state index contributed by atoms with van der Waals surface area (Å²) >= 11 is 0. The molecule has 1 aliphatic heterocycles. The maximum atomic E-state index is 12.6. The van der Waals surface area contributed by atoms with Gasteiger partial charge < -0.3 is 14.3 Å². The van der Waals surface area contributed by atoms with Crippen molar-refractivity contribution in [2.45, 2.75) is 51.4 Å². The Morgan fingerprint density at radius 1 is 1.23 bits per heavy atom. The number of amides is 1. The summed E-state index contributed by atoms with van der Waals surface area (Å²) in [6.45, 7) is 11.2. The molecule has 1 N–H and O–H groups in total. The number of carbonyl (C=O) groups is 2. The van der Waals surface area contributed by atoms with E-state index in [0.29, 0.717) is 24.5 Å². The fourth-order valence-corrected chi connectivity index (χ4v) is 3.86. The van der Waals surface area contributed by atoms with E-state index >= 15 is 0 Å². The highest BCUT2D eigenvalue weighted by atomic mass is 28.4. The highest BCUT2D eigenvalue weighted by Crippen LogP contribution is 2.38. The second-order valence-corrected chi connectivity index (χ2v) is 13.0. The van der Waals surface area contributed by atoms with Crippen molar-refractivity contribution in [3.8, 4) is 5.75 Å². The average molecular weight is 380 g/mol. The lowest BCUT2D eigenvalue weighted by Crippen LogP contribution is -2.65. The molecule has 2 rings (SSSR count). The SMILES string of the molecule is COc1ccc(N2C(=O)[C@@H](CCO[Si](C)(C)C(C)(C)C)[C@H]2C(=O)O)cc1. The average Bonchev–Trinajstić information content (AvgIpc) is 2.55. The minimum Gasteiger partial charge on any atom is -0.497 e. The number of carboxylic acids is 1. The van der Waals surface area contributed by atoms with Crippen LogP contribution < -0.4 is 9.64 Å². The van der Waals surface area contributed by atoms with Gasteiger partial charge in [0.1, 0.15) is 11.8 Å². The Morgan fingerprint density at radius 2 is 1.81 bits per heavy atom. The molecule has 0 spiro atoms. The number of aliphatic carboxylic acids is 1. The number of hydrogen-bond acceptors (Lipinski definition) is 4. The standard InChI is InChI=1S/C19H29NO5Si/c1-19(2,3)26(5,6)25-12-11-15-16(18(22)23)20(17(15)21)13-7-9-14(24-4)10-8-13/h7-10,15-16H,11-12H2,1-6H3,(H,22,23)/t15-,16-/m0/s1. The number of carbonyl (C=O) groups excluding carboxylic acids is 1. The quantitative estimate of drug-likeness (QED) is 0.579. The Hall–Kier alpha value is -1.86. The first-order chi connectivity index (χ1) is 12.0. The zero-order valence-electron chi connectivity index (χ0n) is 16.4. The molecule has 0 radical (unpaired) electrons. The van der Waals surface area contributed by atoms with E-state index in [4.69, 9.17) is 9.16 Å². The number of nitrogens with zero attached hydrogens (tertiary/aromatic N) is 1. The molecule has 7 heteroatoms. The molecule has 1 saturated heterocycles. The molecular formula is C19H29NO5Si. The number of hydrogen-bond donors (Lipinski definition) is 1. The van der Waals surface area contributed by atoms with Crippen molar-refractivity contribution in [2.75, 3.05) is 18.6 Å². The number of anilines is 1. The third-order valence-corrected chi connectivity index (χ3v) is 10.1. The third kappa shape index (κ3) is 3.93. The lowest BCUT2D eigenvalue weighted by molar-refractivity contribution is -0.149. The molecule has 1 amide bonds. The summed E-state index contributed by atoms with van der Waals surface area (Å²) in [5, 5.41) is 9.67. The topological polar surface area (TPSA) is 76.1 Å². The molecule has 0 unspecified atom stereocenters. The summed E-state index contributed by atoms with van der Waals surface area (Å²) in [4.78, 5) is 25.6. The summed E-state index contributed by atoms with van der Waals surface area (Å²) in [6.07, 6.45) is 0.426. The highest BCUT2D eigenvalue weighted by molar-refractivity contribution is 6.74. The summed E-state index contributed by atoms with van der Waals surface area (Å²) < 4.78 is 11.2. The van der Waals surface area contributed by atoms with Crippen LogP contribution >= 0.6 is 0 Å². The molecule has 1 fully saturated rings. The van der Waals surface area contributed by atoms with Crippen LogP contribution in [-0.2, 0) is 14.0 Å². The van der Waals surface area contributed by atoms with Crippen molar-refractivity contribution >= 4 is 25.9 Å². The molecule has 1 aromatic carbocycles. The Kier molecular flexibility index (Phi) is 5.82. The van der Waals surface area contributed by atoms with Crippen LogP contribution in [0.5, 0.6) is 5.75 Å². The van der Waals surface area contributed by atoms with E-state index < -0.39 is 26.2 Å². The van der Waals surface area contributed by atoms with Gasteiger partial charge >= 0.3 is 5.97 Å². The van der Waals surface area contributed by atoms with Crippen LogP contribution in [0.1, 0.15) is 27.2 Å². The zero-order chi connectivity index (χ0) is 19.7. The van der Waals surface area contributed by atoms with Gasteiger partial charge in [-0.2, -0.15) is 0 Å². The summed E-state index contributed by atoms with van der Waals surface area (Å²) in [5.41, 5.74) is 0.574. The zero-order valence-corrected chi connectivity index (χ0v) is 17.4. The van der Waals surface area contributed by atoms with Crippen LogP contribution in [0.15, 0.2) is 24.3 Å². The van der Waals surface area contributed by atoms with Gasteiger partial charge in [0.15, 0.2) is 8.32 Å². The van der Waals surface area contributed by atoms with Gasteiger partial charge in [0.2, 0.25) is 5.91 Å². The van der Waals surface area contributed by atoms with Crippen molar-refractivity contribution < 1.29 is 23.9 Å². The highest BCUT2D eigenvalue weighted by Gasteiger charge is 2.52. The van der Waals surface area contributed by atoms with Gasteiger partial charge in [0.25, 0.3) is 0 Å². The van der Waals surface area contributed by atoms with Gasteiger partial charge in [-0.1, -0.05) is 20.8 Å². The van der Waals surface area contributed by atoms with E-state index in [9.17, 15) is 14.7 Å². The molecule has 144 valence electrons. The van der Waals surface area contributed by atoms with Crippen molar-refractivity contribution in [2.24, 2.45) is 5.92 Å². The number of benzene rings is 1. The molecule has 0 saturated carbocycles. The first-order valence-electron chi connectivity index (χ1n) is 8.83. The van der Waals surface area contributed by atoms with E-state index in [0.717, 1.165) is 0 Å². The Labute approximate surface area is 156 Å². The van der Waals surface area contributed by atoms with E-state index in [1.807, 2.05) is 0 Å². The number of carboxylic acid groups (broad SMARTS) is 1. The van der Waals surface area contributed by atoms with Gasteiger partial charge in [-0.05, 0) is 48.8 Å². The maximum Gasteiger partial charge on any atom is 0.327 e. The Balaban J connectivity index is 2.04. The van der Waals surface area contributed by atoms with Crippen molar-refractivity contribution in [3.63, 3.8) is 0 Å². The van der Waals surface area contributed by atoms with Crippen LogP contribution in [0.2, 0.25) is 18.1 Å². The number of β-lactam (4-membered cyclic amide) rings is 1. The van der Waals surface area contributed by atoms with E-state index in [-0.39, 0.29) is 10.9 Å². The second kappa shape index (κ2) is 7.40. The molecule has 0 aromatic heterocycles. The van der Waals surface area contributed by atoms with Gasteiger partial charge in [0, 0.05) is 12.3 Å². The monoisotopic (exact) mass is 379 g/mol. The summed E-state index contributed by atoms with van der Waals surface area (Å²) in [7, 11) is -0.352. The molecule has 0 aliphatic carbocycles. The molecule has 2 atom stereocenters. The van der Waals surface area contributed by atoms with Crippen LogP contribution in [0.3, 0.4) is 0 Å².